The summed E-state index contributed by atoms with van der Waals surface area (Å²) in [5.41, 5.74) is 1.19. The molecule has 0 radical (unpaired) electrons. The van der Waals surface area contributed by atoms with Crippen LogP contribution in [0, 0.1) is 0 Å². The monoisotopic (exact) mass is 423 g/mol. The molecule has 1 aromatic heterocycles. The lowest BCUT2D eigenvalue weighted by atomic mass is 10.2. The minimum absolute atomic E-state index is 0.661. The Morgan fingerprint density at radius 2 is 1.92 bits per heavy atom. The maximum Gasteiger partial charge on any atom is 0.191 e. The van der Waals surface area contributed by atoms with Crippen LogP contribution in [0.15, 0.2) is 56.5 Å². The first-order valence-electron chi connectivity index (χ1n) is 8.56. The standard InChI is InChI=1S/C19H26BrN3OS/c1-25-14-3-2-11-21-19(22-12-10-18-5-4-13-24-18)23-15-16-6-8-17(20)9-7-16/h4-9,13H,2-3,10-12,14-15H2,1H3,(H2,21,22,23). The topological polar surface area (TPSA) is 49.6 Å². The summed E-state index contributed by atoms with van der Waals surface area (Å²) < 4.78 is 6.46. The lowest BCUT2D eigenvalue weighted by Gasteiger charge is -2.12. The van der Waals surface area contributed by atoms with Gasteiger partial charge in [-0.15, -0.1) is 0 Å². The Bertz CT molecular complexity index is 614. The molecule has 0 aliphatic carbocycles. The van der Waals surface area contributed by atoms with Crippen molar-refractivity contribution in [2.24, 2.45) is 4.99 Å². The van der Waals surface area contributed by atoms with Gasteiger partial charge >= 0.3 is 0 Å². The van der Waals surface area contributed by atoms with Gasteiger partial charge in [0.25, 0.3) is 0 Å². The SMILES string of the molecule is CSCCCCNC(=NCc1ccc(Br)cc1)NCCc1ccco1. The lowest BCUT2D eigenvalue weighted by Crippen LogP contribution is -2.39. The van der Waals surface area contributed by atoms with Crippen LogP contribution in [0.5, 0.6) is 0 Å². The Kier molecular flexibility index (Phi) is 9.59. The predicted octanol–water partition coefficient (Wildman–Crippen LogP) is 4.46. The largest absolute Gasteiger partial charge is 0.469 e. The van der Waals surface area contributed by atoms with Crippen molar-refractivity contribution >= 4 is 33.7 Å². The van der Waals surface area contributed by atoms with E-state index in [1.165, 1.54) is 17.7 Å². The highest BCUT2D eigenvalue weighted by Crippen LogP contribution is 2.11. The minimum atomic E-state index is 0.661. The first-order chi connectivity index (χ1) is 12.3. The zero-order chi connectivity index (χ0) is 17.7. The number of guanidine groups is 1. The Balaban J connectivity index is 1.83. The maximum atomic E-state index is 5.37. The highest BCUT2D eigenvalue weighted by molar-refractivity contribution is 9.10. The number of thioether (sulfide) groups is 1. The molecule has 2 aromatic rings. The second-order valence-electron chi connectivity index (χ2n) is 5.67. The molecule has 6 heteroatoms. The average molecular weight is 424 g/mol. The summed E-state index contributed by atoms with van der Waals surface area (Å²) in [5, 5.41) is 6.83. The van der Waals surface area contributed by atoms with Crippen molar-refractivity contribution in [1.82, 2.24) is 10.6 Å². The zero-order valence-corrected chi connectivity index (χ0v) is 17.0. The van der Waals surface area contributed by atoms with Gasteiger partial charge in [0.15, 0.2) is 5.96 Å². The third-order valence-corrected chi connectivity index (χ3v) is 4.87. The number of rotatable bonds is 10. The van der Waals surface area contributed by atoms with E-state index in [4.69, 9.17) is 9.41 Å². The van der Waals surface area contributed by atoms with Gasteiger partial charge in [-0.3, -0.25) is 0 Å². The van der Waals surface area contributed by atoms with E-state index in [-0.39, 0.29) is 0 Å². The molecule has 0 aliphatic rings. The van der Waals surface area contributed by atoms with Gasteiger partial charge in [0.1, 0.15) is 5.76 Å². The molecule has 0 saturated carbocycles. The van der Waals surface area contributed by atoms with Gasteiger partial charge < -0.3 is 15.1 Å². The quantitative estimate of drug-likeness (QED) is 0.336. The molecule has 0 amide bonds. The van der Waals surface area contributed by atoms with Crippen LogP contribution >= 0.6 is 27.7 Å². The molecule has 0 spiro atoms. The minimum Gasteiger partial charge on any atom is -0.469 e. The average Bonchev–Trinajstić information content (AvgIpc) is 3.13. The van der Waals surface area contributed by atoms with Crippen LogP contribution in [0.4, 0.5) is 0 Å². The van der Waals surface area contributed by atoms with Crippen LogP contribution in [-0.4, -0.2) is 31.1 Å². The van der Waals surface area contributed by atoms with Gasteiger partial charge in [0, 0.05) is 24.0 Å². The van der Waals surface area contributed by atoms with Gasteiger partial charge in [-0.05, 0) is 54.7 Å². The molecular weight excluding hydrogens is 398 g/mol. The van der Waals surface area contributed by atoms with E-state index >= 15 is 0 Å². The summed E-state index contributed by atoms with van der Waals surface area (Å²) in [6, 6.07) is 12.2. The van der Waals surface area contributed by atoms with Crippen molar-refractivity contribution in [1.29, 1.82) is 0 Å². The highest BCUT2D eigenvalue weighted by atomic mass is 79.9. The third kappa shape index (κ3) is 8.50. The molecule has 0 bridgehead atoms. The Hall–Kier alpha value is -1.40. The molecular formula is C19H26BrN3OS. The maximum absolute atomic E-state index is 5.37. The summed E-state index contributed by atoms with van der Waals surface area (Å²) >= 11 is 5.36. The van der Waals surface area contributed by atoms with Gasteiger partial charge in [-0.25, -0.2) is 4.99 Å². The number of halogens is 1. The molecule has 1 heterocycles. The number of hydrogen-bond donors (Lipinski definition) is 2. The van der Waals surface area contributed by atoms with Gasteiger partial charge in [0.05, 0.1) is 12.8 Å². The van der Waals surface area contributed by atoms with Crippen molar-refractivity contribution in [2.45, 2.75) is 25.8 Å². The second-order valence-corrected chi connectivity index (χ2v) is 7.58. The number of nitrogens with zero attached hydrogens (tertiary/aromatic N) is 1. The van der Waals surface area contributed by atoms with Crippen molar-refractivity contribution in [3.05, 3.63) is 58.5 Å². The fourth-order valence-corrected chi connectivity index (χ4v) is 3.03. The second kappa shape index (κ2) is 12.0. The molecule has 0 saturated heterocycles. The summed E-state index contributed by atoms with van der Waals surface area (Å²) in [5.74, 6) is 3.05. The smallest absolute Gasteiger partial charge is 0.191 e. The van der Waals surface area contributed by atoms with Crippen LogP contribution in [0.2, 0.25) is 0 Å². The van der Waals surface area contributed by atoms with E-state index in [1.54, 1.807) is 6.26 Å². The molecule has 0 fully saturated rings. The van der Waals surface area contributed by atoms with E-state index in [9.17, 15) is 0 Å². The Morgan fingerprint density at radius 3 is 2.64 bits per heavy atom. The normalized spacial score (nSPS) is 11.5. The number of unbranched alkanes of at least 4 members (excludes halogenated alkanes) is 1. The van der Waals surface area contributed by atoms with E-state index < -0.39 is 0 Å². The highest BCUT2D eigenvalue weighted by Gasteiger charge is 2.01. The number of benzene rings is 1. The first kappa shape index (κ1) is 19.9. The fraction of sp³-hybridized carbons (Fsp3) is 0.421. The van der Waals surface area contributed by atoms with Gasteiger partial charge in [-0.2, -0.15) is 11.8 Å². The molecule has 0 atom stereocenters. The Labute approximate surface area is 163 Å². The van der Waals surface area contributed by atoms with E-state index in [1.807, 2.05) is 36.0 Å². The summed E-state index contributed by atoms with van der Waals surface area (Å²) in [4.78, 5) is 4.70. The molecule has 136 valence electrons. The number of nitrogens with one attached hydrogen (secondary N) is 2. The van der Waals surface area contributed by atoms with E-state index in [2.05, 4.69) is 45.0 Å². The van der Waals surface area contributed by atoms with Crippen LogP contribution in [0.25, 0.3) is 0 Å². The van der Waals surface area contributed by atoms with Crippen LogP contribution < -0.4 is 10.6 Å². The lowest BCUT2D eigenvalue weighted by molar-refractivity contribution is 0.506. The molecule has 1 aromatic carbocycles. The van der Waals surface area contributed by atoms with Gasteiger partial charge in [0.2, 0.25) is 0 Å². The number of hydrogen-bond acceptors (Lipinski definition) is 3. The van der Waals surface area contributed by atoms with Crippen LogP contribution in [0.1, 0.15) is 24.2 Å². The first-order valence-corrected chi connectivity index (χ1v) is 10.7. The molecule has 0 unspecified atom stereocenters. The molecule has 2 N–H and O–H groups in total. The van der Waals surface area contributed by atoms with Crippen molar-refractivity contribution < 1.29 is 4.42 Å². The summed E-state index contributed by atoms with van der Waals surface area (Å²) in [6.45, 7) is 2.39. The summed E-state index contributed by atoms with van der Waals surface area (Å²) in [6.07, 6.45) is 7.08. The predicted molar refractivity (Wildman–Crippen MR) is 111 cm³/mol. The zero-order valence-electron chi connectivity index (χ0n) is 14.6. The van der Waals surface area contributed by atoms with Crippen molar-refractivity contribution in [3.63, 3.8) is 0 Å². The number of furan rings is 1. The fourth-order valence-electron chi connectivity index (χ4n) is 2.27. The van der Waals surface area contributed by atoms with Gasteiger partial charge in [-0.1, -0.05) is 28.1 Å². The van der Waals surface area contributed by atoms with Crippen molar-refractivity contribution in [2.75, 3.05) is 25.1 Å². The molecule has 0 aliphatic heterocycles. The molecule has 2 rings (SSSR count). The molecule has 25 heavy (non-hydrogen) atoms. The summed E-state index contributed by atoms with van der Waals surface area (Å²) in [7, 11) is 0. The van der Waals surface area contributed by atoms with Crippen LogP contribution in [-0.2, 0) is 13.0 Å². The van der Waals surface area contributed by atoms with Crippen LogP contribution in [0.3, 0.4) is 0 Å². The van der Waals surface area contributed by atoms with E-state index in [0.29, 0.717) is 6.54 Å². The number of aliphatic imine (C=N–C) groups is 1. The Morgan fingerprint density at radius 1 is 1.12 bits per heavy atom. The van der Waals surface area contributed by atoms with E-state index in [0.717, 1.165) is 42.1 Å². The molecule has 4 nitrogen and oxygen atoms in total. The third-order valence-electron chi connectivity index (χ3n) is 3.64. The van der Waals surface area contributed by atoms with Crippen molar-refractivity contribution in [3.8, 4) is 0 Å².